The summed E-state index contributed by atoms with van der Waals surface area (Å²) in [6, 6.07) is 7.69. The van der Waals surface area contributed by atoms with Crippen molar-refractivity contribution in [1.29, 1.82) is 0 Å². The summed E-state index contributed by atoms with van der Waals surface area (Å²) in [7, 11) is 0. The van der Waals surface area contributed by atoms with Gasteiger partial charge in [0.2, 0.25) is 5.91 Å². The number of hydrogen-bond acceptors (Lipinski definition) is 2. The number of para-hydroxylation sites is 1. The van der Waals surface area contributed by atoms with Gasteiger partial charge in [0.1, 0.15) is 6.23 Å². The summed E-state index contributed by atoms with van der Waals surface area (Å²) in [5, 5.41) is 10.2. The van der Waals surface area contributed by atoms with Crippen LogP contribution >= 0.6 is 0 Å². The normalized spacial score (nSPS) is 22.0. The number of aliphatic hydroxyl groups excluding tert-OH is 1. The molecule has 16 heavy (non-hydrogen) atoms. The number of hydrogen-bond donors (Lipinski definition) is 1. The fraction of sp³-hybridized carbons (Fsp3) is 0.462. The van der Waals surface area contributed by atoms with Crippen molar-refractivity contribution in [3.63, 3.8) is 0 Å². The summed E-state index contributed by atoms with van der Waals surface area (Å²) in [5.74, 6) is -0.0366. The van der Waals surface area contributed by atoms with Crippen LogP contribution < -0.4 is 4.90 Å². The first-order valence-electron chi connectivity index (χ1n) is 5.59. The second kappa shape index (κ2) is 3.59. The Bertz CT molecular complexity index is 426. The van der Waals surface area contributed by atoms with Crippen LogP contribution in [0.1, 0.15) is 32.8 Å². The molecule has 3 heteroatoms. The van der Waals surface area contributed by atoms with Crippen molar-refractivity contribution in [2.45, 2.75) is 38.8 Å². The predicted octanol–water partition coefficient (Wildman–Crippen LogP) is 2.04. The monoisotopic (exact) mass is 219 g/mol. The lowest BCUT2D eigenvalue weighted by Crippen LogP contribution is -2.44. The van der Waals surface area contributed by atoms with Crippen LogP contribution in [0, 0.1) is 0 Å². The van der Waals surface area contributed by atoms with E-state index in [2.05, 4.69) is 0 Å². The molecule has 1 amide bonds. The lowest BCUT2D eigenvalue weighted by molar-refractivity contribution is -0.120. The third kappa shape index (κ3) is 1.35. The van der Waals surface area contributed by atoms with Crippen LogP contribution in [0.5, 0.6) is 0 Å². The molecular formula is C13H17NO2. The molecule has 2 rings (SSSR count). The summed E-state index contributed by atoms with van der Waals surface area (Å²) in [4.78, 5) is 13.4. The van der Waals surface area contributed by atoms with Crippen LogP contribution in [0.4, 0.5) is 5.69 Å². The van der Waals surface area contributed by atoms with Gasteiger partial charge in [-0.15, -0.1) is 0 Å². The molecule has 3 nitrogen and oxygen atoms in total. The predicted molar refractivity (Wildman–Crippen MR) is 63.3 cm³/mol. The molecule has 0 radical (unpaired) electrons. The maximum absolute atomic E-state index is 11.8. The standard InChI is InChI=1S/C13H17NO2/c1-4-11(15)14-10-8-6-5-7-9(10)13(2,3)12(14)16/h5-8,12,16H,4H2,1-3H3/t12-/m1/s1. The van der Waals surface area contributed by atoms with Crippen molar-refractivity contribution in [3.8, 4) is 0 Å². The van der Waals surface area contributed by atoms with Crippen molar-refractivity contribution in [2.24, 2.45) is 0 Å². The molecule has 0 fully saturated rings. The van der Waals surface area contributed by atoms with Crippen molar-refractivity contribution < 1.29 is 9.90 Å². The van der Waals surface area contributed by atoms with E-state index < -0.39 is 11.6 Å². The topological polar surface area (TPSA) is 40.5 Å². The molecular weight excluding hydrogens is 202 g/mol. The molecule has 1 atom stereocenters. The van der Waals surface area contributed by atoms with E-state index in [0.29, 0.717) is 6.42 Å². The number of aliphatic hydroxyl groups is 1. The first-order valence-corrected chi connectivity index (χ1v) is 5.59. The highest BCUT2D eigenvalue weighted by molar-refractivity contribution is 5.96. The highest BCUT2D eigenvalue weighted by Crippen LogP contribution is 2.44. The fourth-order valence-electron chi connectivity index (χ4n) is 2.26. The number of rotatable bonds is 1. The van der Waals surface area contributed by atoms with Crippen LogP contribution in [0.3, 0.4) is 0 Å². The van der Waals surface area contributed by atoms with Gasteiger partial charge in [0.15, 0.2) is 0 Å². The van der Waals surface area contributed by atoms with Gasteiger partial charge in [0, 0.05) is 11.8 Å². The third-order valence-electron chi connectivity index (χ3n) is 3.32. The number of fused-ring (bicyclic) bond motifs is 1. The van der Waals surface area contributed by atoms with Crippen molar-refractivity contribution in [3.05, 3.63) is 29.8 Å². The Hall–Kier alpha value is -1.35. The van der Waals surface area contributed by atoms with E-state index in [1.54, 1.807) is 0 Å². The molecule has 0 aromatic heterocycles. The van der Waals surface area contributed by atoms with Crippen molar-refractivity contribution in [1.82, 2.24) is 0 Å². The van der Waals surface area contributed by atoms with Gasteiger partial charge in [0.05, 0.1) is 5.69 Å². The zero-order valence-electron chi connectivity index (χ0n) is 9.90. The van der Waals surface area contributed by atoms with Gasteiger partial charge in [-0.25, -0.2) is 0 Å². The third-order valence-corrected chi connectivity index (χ3v) is 3.32. The molecule has 0 aliphatic carbocycles. The fourth-order valence-corrected chi connectivity index (χ4v) is 2.26. The number of nitrogens with zero attached hydrogens (tertiary/aromatic N) is 1. The number of carbonyl (C=O) groups is 1. The zero-order valence-corrected chi connectivity index (χ0v) is 9.90. The second-order valence-corrected chi connectivity index (χ2v) is 4.73. The van der Waals surface area contributed by atoms with E-state index in [-0.39, 0.29) is 5.91 Å². The Kier molecular flexibility index (Phi) is 2.50. The molecule has 0 unspecified atom stereocenters. The first-order chi connectivity index (χ1) is 7.50. The van der Waals surface area contributed by atoms with E-state index in [1.165, 1.54) is 4.90 Å². The van der Waals surface area contributed by atoms with Crippen LogP contribution in [0.15, 0.2) is 24.3 Å². The molecule has 1 heterocycles. The van der Waals surface area contributed by atoms with Gasteiger partial charge >= 0.3 is 0 Å². The van der Waals surface area contributed by atoms with Gasteiger partial charge in [-0.2, -0.15) is 0 Å². The minimum absolute atomic E-state index is 0.0366. The molecule has 1 N–H and O–H groups in total. The van der Waals surface area contributed by atoms with Gasteiger partial charge in [-0.05, 0) is 11.6 Å². The van der Waals surface area contributed by atoms with Gasteiger partial charge < -0.3 is 5.11 Å². The zero-order chi connectivity index (χ0) is 11.9. The number of benzene rings is 1. The quantitative estimate of drug-likeness (QED) is 0.785. The van der Waals surface area contributed by atoms with E-state index in [0.717, 1.165) is 11.3 Å². The van der Waals surface area contributed by atoms with E-state index in [1.807, 2.05) is 45.0 Å². The Labute approximate surface area is 95.7 Å². The Morgan fingerprint density at radius 2 is 2.06 bits per heavy atom. The molecule has 1 aromatic rings. The lowest BCUT2D eigenvalue weighted by Gasteiger charge is -2.28. The average molecular weight is 219 g/mol. The van der Waals surface area contributed by atoms with E-state index in [9.17, 15) is 9.90 Å². The average Bonchev–Trinajstić information content (AvgIpc) is 2.48. The SMILES string of the molecule is CCC(=O)N1c2ccccc2C(C)(C)[C@H]1O. The second-order valence-electron chi connectivity index (χ2n) is 4.73. The van der Waals surface area contributed by atoms with Crippen LogP contribution in [-0.2, 0) is 10.2 Å². The molecule has 0 spiro atoms. The lowest BCUT2D eigenvalue weighted by atomic mass is 9.85. The van der Waals surface area contributed by atoms with Crippen LogP contribution in [-0.4, -0.2) is 17.2 Å². The largest absolute Gasteiger partial charge is 0.372 e. The first kappa shape index (κ1) is 11.1. The molecule has 0 saturated heterocycles. The molecule has 1 aromatic carbocycles. The minimum atomic E-state index is -0.766. The maximum atomic E-state index is 11.8. The Morgan fingerprint density at radius 3 is 2.69 bits per heavy atom. The highest BCUT2D eigenvalue weighted by atomic mass is 16.3. The summed E-state index contributed by atoms with van der Waals surface area (Å²) in [6.45, 7) is 5.72. The van der Waals surface area contributed by atoms with Crippen molar-refractivity contribution >= 4 is 11.6 Å². The summed E-state index contributed by atoms with van der Waals surface area (Å²) < 4.78 is 0. The Morgan fingerprint density at radius 1 is 1.44 bits per heavy atom. The number of amides is 1. The van der Waals surface area contributed by atoms with Crippen LogP contribution in [0.25, 0.3) is 0 Å². The highest BCUT2D eigenvalue weighted by Gasteiger charge is 2.45. The van der Waals surface area contributed by atoms with E-state index >= 15 is 0 Å². The summed E-state index contributed by atoms with van der Waals surface area (Å²) >= 11 is 0. The van der Waals surface area contributed by atoms with Gasteiger partial charge in [-0.1, -0.05) is 39.0 Å². The summed E-state index contributed by atoms with van der Waals surface area (Å²) in [6.07, 6.45) is -0.362. The summed E-state index contributed by atoms with van der Waals surface area (Å²) in [5.41, 5.74) is 1.47. The minimum Gasteiger partial charge on any atom is -0.372 e. The van der Waals surface area contributed by atoms with Crippen LogP contribution in [0.2, 0.25) is 0 Å². The van der Waals surface area contributed by atoms with E-state index in [4.69, 9.17) is 0 Å². The smallest absolute Gasteiger partial charge is 0.228 e. The maximum Gasteiger partial charge on any atom is 0.228 e. The van der Waals surface area contributed by atoms with Crippen molar-refractivity contribution in [2.75, 3.05) is 4.90 Å². The Balaban J connectivity index is 2.56. The van der Waals surface area contributed by atoms with Gasteiger partial charge in [0.25, 0.3) is 0 Å². The molecule has 0 saturated carbocycles. The molecule has 0 bridgehead atoms. The molecule has 1 aliphatic rings. The molecule has 86 valence electrons. The number of anilines is 1. The number of carbonyl (C=O) groups excluding carboxylic acids is 1. The van der Waals surface area contributed by atoms with Gasteiger partial charge in [-0.3, -0.25) is 9.69 Å². The molecule has 1 aliphatic heterocycles.